The molecule has 2 amide bonds. The molecule has 0 bridgehead atoms. The highest BCUT2D eigenvalue weighted by Crippen LogP contribution is 2.16. The molecule has 0 aromatic carbocycles. The van der Waals surface area contributed by atoms with Gasteiger partial charge in [-0.05, 0) is 37.8 Å². The third-order valence-electron chi connectivity index (χ3n) is 4.28. The molecule has 2 aliphatic heterocycles. The van der Waals surface area contributed by atoms with Gasteiger partial charge in [-0.3, -0.25) is 14.6 Å². The van der Waals surface area contributed by atoms with Crippen molar-refractivity contribution < 1.29 is 14.3 Å². The van der Waals surface area contributed by atoms with Crippen molar-refractivity contribution in [3.8, 4) is 0 Å². The molecule has 1 unspecified atom stereocenters. The van der Waals surface area contributed by atoms with Crippen LogP contribution in [0, 0.1) is 0 Å². The maximum atomic E-state index is 12.3. The molecule has 0 spiro atoms. The van der Waals surface area contributed by atoms with Crippen molar-refractivity contribution in [2.75, 3.05) is 19.7 Å². The standard InChI is InChI=1S/C16H21N3O3/c20-15(14-2-1-11-22-14)18-13-5-9-19(10-6-13)16(21)12-3-7-17-8-4-12/h3-4,7-8,13-14H,1-2,5-6,9-11H2,(H,18,20). The number of rotatable bonds is 3. The number of hydrogen-bond acceptors (Lipinski definition) is 4. The van der Waals surface area contributed by atoms with Crippen molar-refractivity contribution in [3.63, 3.8) is 0 Å². The first-order chi connectivity index (χ1) is 10.7. The normalized spacial score (nSPS) is 22.5. The lowest BCUT2D eigenvalue weighted by molar-refractivity contribution is -0.131. The first-order valence-electron chi connectivity index (χ1n) is 7.85. The third-order valence-corrected chi connectivity index (χ3v) is 4.28. The molecule has 22 heavy (non-hydrogen) atoms. The van der Waals surface area contributed by atoms with Gasteiger partial charge in [0.1, 0.15) is 6.10 Å². The molecule has 3 rings (SSSR count). The average molecular weight is 303 g/mol. The maximum absolute atomic E-state index is 12.3. The summed E-state index contributed by atoms with van der Waals surface area (Å²) in [6, 6.07) is 3.60. The minimum absolute atomic E-state index is 0.00332. The number of carbonyl (C=O) groups excluding carboxylic acids is 2. The molecule has 6 nitrogen and oxygen atoms in total. The van der Waals surface area contributed by atoms with Crippen LogP contribution in [-0.4, -0.2) is 53.5 Å². The molecule has 1 atom stereocenters. The molecule has 2 saturated heterocycles. The SMILES string of the molecule is O=C(NC1CCN(C(=O)c2ccncc2)CC1)C1CCCO1. The Hall–Kier alpha value is -1.95. The lowest BCUT2D eigenvalue weighted by Crippen LogP contribution is -2.48. The Labute approximate surface area is 129 Å². The molecule has 0 aliphatic carbocycles. The number of pyridine rings is 1. The van der Waals surface area contributed by atoms with E-state index in [2.05, 4.69) is 10.3 Å². The highest BCUT2D eigenvalue weighted by atomic mass is 16.5. The van der Waals surface area contributed by atoms with Gasteiger partial charge in [0, 0.05) is 43.7 Å². The van der Waals surface area contributed by atoms with Gasteiger partial charge < -0.3 is 15.0 Å². The molecular weight excluding hydrogens is 282 g/mol. The first kappa shape index (κ1) is 15.0. The molecule has 3 heterocycles. The minimum Gasteiger partial charge on any atom is -0.368 e. The monoisotopic (exact) mass is 303 g/mol. The van der Waals surface area contributed by atoms with Crippen LogP contribution in [0.3, 0.4) is 0 Å². The Bertz CT molecular complexity index is 521. The van der Waals surface area contributed by atoms with E-state index < -0.39 is 0 Å². The predicted molar refractivity (Wildman–Crippen MR) is 80.3 cm³/mol. The lowest BCUT2D eigenvalue weighted by atomic mass is 10.0. The summed E-state index contributed by atoms with van der Waals surface area (Å²) in [5.74, 6) is 0.0303. The summed E-state index contributed by atoms with van der Waals surface area (Å²) in [4.78, 5) is 30.1. The zero-order valence-corrected chi connectivity index (χ0v) is 12.5. The summed E-state index contributed by atoms with van der Waals surface area (Å²) >= 11 is 0. The van der Waals surface area contributed by atoms with Crippen LogP contribution in [-0.2, 0) is 9.53 Å². The molecule has 1 aromatic heterocycles. The maximum Gasteiger partial charge on any atom is 0.253 e. The zero-order valence-electron chi connectivity index (χ0n) is 12.5. The predicted octanol–water partition coefficient (Wildman–Crippen LogP) is 0.981. The van der Waals surface area contributed by atoms with Crippen LogP contribution < -0.4 is 5.32 Å². The quantitative estimate of drug-likeness (QED) is 0.903. The van der Waals surface area contributed by atoms with Gasteiger partial charge >= 0.3 is 0 Å². The van der Waals surface area contributed by atoms with Gasteiger partial charge in [-0.1, -0.05) is 0 Å². The van der Waals surface area contributed by atoms with Crippen molar-refractivity contribution in [3.05, 3.63) is 30.1 Å². The van der Waals surface area contributed by atoms with Crippen LogP contribution in [0.5, 0.6) is 0 Å². The summed E-state index contributed by atoms with van der Waals surface area (Å²) < 4.78 is 5.39. The fourth-order valence-corrected chi connectivity index (χ4v) is 2.98. The number of nitrogens with one attached hydrogen (secondary N) is 1. The van der Waals surface area contributed by atoms with E-state index in [1.54, 1.807) is 24.5 Å². The summed E-state index contributed by atoms with van der Waals surface area (Å²) in [5, 5.41) is 3.05. The van der Waals surface area contributed by atoms with Crippen molar-refractivity contribution in [1.82, 2.24) is 15.2 Å². The number of aromatic nitrogens is 1. The largest absolute Gasteiger partial charge is 0.368 e. The highest BCUT2D eigenvalue weighted by molar-refractivity contribution is 5.94. The van der Waals surface area contributed by atoms with Crippen molar-refractivity contribution in [2.24, 2.45) is 0 Å². The van der Waals surface area contributed by atoms with E-state index in [9.17, 15) is 9.59 Å². The van der Waals surface area contributed by atoms with Crippen molar-refractivity contribution in [1.29, 1.82) is 0 Å². The summed E-state index contributed by atoms with van der Waals surface area (Å²) in [6.45, 7) is 2.01. The summed E-state index contributed by atoms with van der Waals surface area (Å²) in [5.41, 5.74) is 0.664. The first-order valence-corrected chi connectivity index (χ1v) is 7.85. The number of ether oxygens (including phenoxy) is 1. The van der Waals surface area contributed by atoms with Crippen LogP contribution in [0.4, 0.5) is 0 Å². The number of hydrogen-bond donors (Lipinski definition) is 1. The Kier molecular flexibility index (Phi) is 4.68. The Morgan fingerprint density at radius 1 is 1.18 bits per heavy atom. The van der Waals surface area contributed by atoms with E-state index >= 15 is 0 Å². The number of piperidine rings is 1. The van der Waals surface area contributed by atoms with Gasteiger partial charge in [-0.15, -0.1) is 0 Å². The topological polar surface area (TPSA) is 71.5 Å². The Balaban J connectivity index is 1.48. The highest BCUT2D eigenvalue weighted by Gasteiger charge is 2.28. The van der Waals surface area contributed by atoms with Crippen LogP contribution in [0.15, 0.2) is 24.5 Å². The summed E-state index contributed by atoms with van der Waals surface area (Å²) in [7, 11) is 0. The number of nitrogens with zero attached hydrogens (tertiary/aromatic N) is 2. The molecule has 2 fully saturated rings. The van der Waals surface area contributed by atoms with E-state index in [4.69, 9.17) is 4.74 Å². The fourth-order valence-electron chi connectivity index (χ4n) is 2.98. The van der Waals surface area contributed by atoms with Gasteiger partial charge in [0.05, 0.1) is 0 Å². The second-order valence-corrected chi connectivity index (χ2v) is 5.81. The van der Waals surface area contributed by atoms with Crippen LogP contribution >= 0.6 is 0 Å². The van der Waals surface area contributed by atoms with Crippen molar-refractivity contribution in [2.45, 2.75) is 37.8 Å². The third kappa shape index (κ3) is 3.44. The fraction of sp³-hybridized carbons (Fsp3) is 0.562. The zero-order chi connectivity index (χ0) is 15.4. The number of likely N-dealkylation sites (tertiary alicyclic amines) is 1. The van der Waals surface area contributed by atoms with E-state index in [1.807, 2.05) is 4.90 Å². The van der Waals surface area contributed by atoms with Gasteiger partial charge in [-0.2, -0.15) is 0 Å². The van der Waals surface area contributed by atoms with Crippen molar-refractivity contribution >= 4 is 11.8 Å². The minimum atomic E-state index is -0.281. The van der Waals surface area contributed by atoms with E-state index in [0.717, 1.165) is 25.7 Å². The van der Waals surface area contributed by atoms with Gasteiger partial charge in [0.2, 0.25) is 5.91 Å². The van der Waals surface area contributed by atoms with E-state index in [-0.39, 0.29) is 24.0 Å². The lowest BCUT2D eigenvalue weighted by Gasteiger charge is -2.32. The van der Waals surface area contributed by atoms with Crippen LogP contribution in [0.1, 0.15) is 36.0 Å². The molecule has 2 aliphatic rings. The summed E-state index contributed by atoms with van der Waals surface area (Å²) in [6.07, 6.45) is 6.31. The second kappa shape index (κ2) is 6.87. The number of carbonyl (C=O) groups is 2. The molecule has 6 heteroatoms. The Morgan fingerprint density at radius 3 is 2.55 bits per heavy atom. The molecule has 0 saturated carbocycles. The van der Waals surface area contributed by atoms with E-state index in [0.29, 0.717) is 25.3 Å². The molecular formula is C16H21N3O3. The average Bonchev–Trinajstić information content (AvgIpc) is 3.10. The van der Waals surface area contributed by atoms with Gasteiger partial charge in [0.25, 0.3) is 5.91 Å². The molecule has 1 aromatic rings. The van der Waals surface area contributed by atoms with Gasteiger partial charge in [0.15, 0.2) is 0 Å². The second-order valence-electron chi connectivity index (χ2n) is 5.81. The molecule has 1 N–H and O–H groups in total. The van der Waals surface area contributed by atoms with Crippen LogP contribution in [0.2, 0.25) is 0 Å². The smallest absolute Gasteiger partial charge is 0.253 e. The van der Waals surface area contributed by atoms with E-state index in [1.165, 1.54) is 0 Å². The van der Waals surface area contributed by atoms with Crippen LogP contribution in [0.25, 0.3) is 0 Å². The number of amides is 2. The Morgan fingerprint density at radius 2 is 1.91 bits per heavy atom. The van der Waals surface area contributed by atoms with Gasteiger partial charge in [-0.25, -0.2) is 0 Å². The molecule has 0 radical (unpaired) electrons. The molecule has 118 valence electrons.